The fourth-order valence-corrected chi connectivity index (χ4v) is 5.65. The van der Waals surface area contributed by atoms with Crippen molar-refractivity contribution < 1.29 is 19.0 Å². The van der Waals surface area contributed by atoms with Gasteiger partial charge in [0.15, 0.2) is 5.78 Å². The maximum atomic E-state index is 13.3. The van der Waals surface area contributed by atoms with E-state index < -0.39 is 0 Å². The van der Waals surface area contributed by atoms with Crippen LogP contribution < -0.4 is 4.74 Å². The van der Waals surface area contributed by atoms with Crippen LogP contribution in [0.1, 0.15) is 23.3 Å². The fraction of sp³-hybridized carbons (Fsp3) is 0.458. The average Bonchev–Trinajstić information content (AvgIpc) is 3.31. The Morgan fingerprint density at radius 1 is 1.20 bits per heavy atom. The summed E-state index contributed by atoms with van der Waals surface area (Å²) in [7, 11) is 1.64. The van der Waals surface area contributed by atoms with Gasteiger partial charge in [-0.1, -0.05) is 18.2 Å². The van der Waals surface area contributed by atoms with Crippen molar-refractivity contribution in [2.45, 2.75) is 31.5 Å². The molecule has 0 spiro atoms. The molecule has 2 aromatic rings. The van der Waals surface area contributed by atoms with E-state index in [4.69, 9.17) is 14.2 Å². The topological polar surface area (TPSA) is 48.0 Å². The molecule has 0 bridgehead atoms. The van der Waals surface area contributed by atoms with Gasteiger partial charge in [0, 0.05) is 23.9 Å². The monoisotopic (exact) mass is 425 g/mol. The van der Waals surface area contributed by atoms with Gasteiger partial charge in [0.25, 0.3) is 0 Å². The Labute approximate surface area is 181 Å². The molecule has 30 heavy (non-hydrogen) atoms. The number of hydrogen-bond acceptors (Lipinski definition) is 6. The minimum atomic E-state index is -0.0946. The standard InChI is InChI=1S/C24H27NO4S/c1-27-17-6-4-16(5-7-17)21-14-28-24-19(23(21)26)8-9-22-20(24)13-25(15-29-22)11-10-18-3-2-12-30-18/h2-7,12,14,19-20,22,24H,8-11,13,15H2,1H3. The van der Waals surface area contributed by atoms with Crippen LogP contribution in [0.25, 0.3) is 5.57 Å². The molecular weight excluding hydrogens is 398 g/mol. The smallest absolute Gasteiger partial charge is 0.173 e. The maximum Gasteiger partial charge on any atom is 0.173 e. The molecule has 6 heteroatoms. The highest BCUT2D eigenvalue weighted by Crippen LogP contribution is 2.42. The van der Waals surface area contributed by atoms with Crippen LogP contribution in [0.3, 0.4) is 0 Å². The summed E-state index contributed by atoms with van der Waals surface area (Å²) in [6, 6.07) is 11.9. The Morgan fingerprint density at radius 2 is 2.07 bits per heavy atom. The first-order valence-electron chi connectivity index (χ1n) is 10.6. The van der Waals surface area contributed by atoms with Crippen molar-refractivity contribution in [2.24, 2.45) is 11.8 Å². The van der Waals surface area contributed by atoms with Gasteiger partial charge in [0.1, 0.15) is 11.9 Å². The third-order valence-corrected chi connectivity index (χ3v) is 7.54. The molecule has 0 radical (unpaired) electrons. The second-order valence-corrected chi connectivity index (χ2v) is 9.35. The summed E-state index contributed by atoms with van der Waals surface area (Å²) < 4.78 is 17.6. The van der Waals surface area contributed by atoms with Crippen molar-refractivity contribution in [3.05, 3.63) is 58.5 Å². The second-order valence-electron chi connectivity index (χ2n) is 8.31. The lowest BCUT2D eigenvalue weighted by atomic mass is 9.71. The van der Waals surface area contributed by atoms with Crippen molar-refractivity contribution in [1.82, 2.24) is 4.90 Å². The molecular formula is C24H27NO4S. The molecule has 1 aliphatic carbocycles. The SMILES string of the molecule is COc1ccc(C2=COC3C(CCC4OCN(CCc5cccs5)CC43)C2=O)cc1. The summed E-state index contributed by atoms with van der Waals surface area (Å²) in [5.74, 6) is 1.13. The Hall–Kier alpha value is -2.15. The Bertz CT molecular complexity index is 908. The number of nitrogens with zero attached hydrogens (tertiary/aromatic N) is 1. The van der Waals surface area contributed by atoms with E-state index in [1.165, 1.54) is 4.88 Å². The van der Waals surface area contributed by atoms with Crippen LogP contribution in [-0.2, 0) is 20.7 Å². The van der Waals surface area contributed by atoms with Crippen LogP contribution in [0, 0.1) is 11.8 Å². The number of carbonyl (C=O) groups excluding carboxylic acids is 1. The van der Waals surface area contributed by atoms with E-state index in [1.54, 1.807) is 24.7 Å². The number of rotatable bonds is 5. The zero-order valence-electron chi connectivity index (χ0n) is 17.2. The number of methoxy groups -OCH3 is 1. The number of benzene rings is 1. The van der Waals surface area contributed by atoms with Crippen molar-refractivity contribution in [2.75, 3.05) is 26.9 Å². The third-order valence-electron chi connectivity index (χ3n) is 6.60. The molecule has 3 heterocycles. The Balaban J connectivity index is 1.29. The molecule has 2 aliphatic heterocycles. The second kappa shape index (κ2) is 8.53. The molecule has 158 valence electrons. The number of Topliss-reactive ketones (excluding diaryl/α,β-unsaturated/α-hetero) is 1. The quantitative estimate of drug-likeness (QED) is 0.725. The van der Waals surface area contributed by atoms with Crippen molar-refractivity contribution in [3.63, 3.8) is 0 Å². The van der Waals surface area contributed by atoms with Crippen molar-refractivity contribution in [1.29, 1.82) is 0 Å². The lowest BCUT2D eigenvalue weighted by Crippen LogP contribution is -2.56. The first-order chi connectivity index (χ1) is 14.7. The zero-order valence-corrected chi connectivity index (χ0v) is 18.0. The Morgan fingerprint density at radius 3 is 2.83 bits per heavy atom. The van der Waals surface area contributed by atoms with Crippen LogP contribution in [-0.4, -0.2) is 49.8 Å². The molecule has 4 atom stereocenters. The molecule has 1 aromatic carbocycles. The van der Waals surface area contributed by atoms with E-state index in [-0.39, 0.29) is 29.8 Å². The number of ketones is 1. The average molecular weight is 426 g/mol. The molecule has 1 aromatic heterocycles. The molecule has 5 nitrogen and oxygen atoms in total. The molecule has 3 aliphatic rings. The molecule has 4 unspecified atom stereocenters. The summed E-state index contributed by atoms with van der Waals surface area (Å²) in [5, 5.41) is 2.12. The molecule has 0 N–H and O–H groups in total. The van der Waals surface area contributed by atoms with Gasteiger partial charge >= 0.3 is 0 Å². The first-order valence-corrected chi connectivity index (χ1v) is 11.5. The van der Waals surface area contributed by atoms with E-state index in [2.05, 4.69) is 22.4 Å². The van der Waals surface area contributed by atoms with Gasteiger partial charge in [-0.25, -0.2) is 0 Å². The fourth-order valence-electron chi connectivity index (χ4n) is 4.95. The van der Waals surface area contributed by atoms with Gasteiger partial charge in [-0.3, -0.25) is 9.69 Å². The summed E-state index contributed by atoms with van der Waals surface area (Å²) in [4.78, 5) is 17.1. The minimum Gasteiger partial charge on any atom is -0.497 e. The zero-order chi connectivity index (χ0) is 20.5. The molecule has 5 rings (SSSR count). The van der Waals surface area contributed by atoms with Crippen LogP contribution in [0.15, 0.2) is 48.0 Å². The molecule has 1 saturated carbocycles. The van der Waals surface area contributed by atoms with Crippen LogP contribution in [0.4, 0.5) is 0 Å². The number of ether oxygens (including phenoxy) is 3. The number of thiophene rings is 1. The van der Waals surface area contributed by atoms with E-state index in [9.17, 15) is 4.79 Å². The number of hydrogen-bond donors (Lipinski definition) is 0. The van der Waals surface area contributed by atoms with Gasteiger partial charge < -0.3 is 14.2 Å². The summed E-state index contributed by atoms with van der Waals surface area (Å²) >= 11 is 1.80. The van der Waals surface area contributed by atoms with Gasteiger partial charge in [-0.05, 0) is 48.4 Å². The van der Waals surface area contributed by atoms with Gasteiger partial charge in [0.05, 0.1) is 37.7 Å². The predicted molar refractivity (Wildman–Crippen MR) is 116 cm³/mol. The highest BCUT2D eigenvalue weighted by molar-refractivity contribution is 7.09. The molecule has 2 fully saturated rings. The normalized spacial score (nSPS) is 28.8. The summed E-state index contributed by atoms with van der Waals surface area (Å²) in [6.45, 7) is 2.57. The van der Waals surface area contributed by atoms with Gasteiger partial charge in [-0.2, -0.15) is 0 Å². The number of carbonyl (C=O) groups is 1. The summed E-state index contributed by atoms with van der Waals surface area (Å²) in [6.07, 6.45) is 4.56. The minimum absolute atomic E-state index is 0.0887. The highest BCUT2D eigenvalue weighted by atomic mass is 32.1. The van der Waals surface area contributed by atoms with E-state index in [0.717, 1.165) is 43.7 Å². The number of fused-ring (bicyclic) bond motifs is 3. The van der Waals surface area contributed by atoms with Crippen molar-refractivity contribution >= 4 is 22.7 Å². The highest BCUT2D eigenvalue weighted by Gasteiger charge is 2.48. The van der Waals surface area contributed by atoms with Gasteiger partial charge in [0.2, 0.25) is 0 Å². The van der Waals surface area contributed by atoms with Crippen LogP contribution >= 0.6 is 11.3 Å². The largest absolute Gasteiger partial charge is 0.497 e. The van der Waals surface area contributed by atoms with E-state index in [0.29, 0.717) is 12.3 Å². The molecule has 0 amide bonds. The van der Waals surface area contributed by atoms with Crippen LogP contribution in [0.2, 0.25) is 0 Å². The predicted octanol–water partition coefficient (Wildman–Crippen LogP) is 3.99. The van der Waals surface area contributed by atoms with Gasteiger partial charge in [-0.15, -0.1) is 11.3 Å². The maximum absolute atomic E-state index is 13.3. The molecule has 1 saturated heterocycles. The lowest BCUT2D eigenvalue weighted by Gasteiger charge is -2.48. The number of allylic oxidation sites excluding steroid dienone is 1. The third kappa shape index (κ3) is 3.80. The lowest BCUT2D eigenvalue weighted by molar-refractivity contribution is -0.169. The van der Waals surface area contributed by atoms with E-state index in [1.807, 2.05) is 24.3 Å². The first kappa shape index (κ1) is 19.8. The summed E-state index contributed by atoms with van der Waals surface area (Å²) in [5.41, 5.74) is 1.56. The Kier molecular flexibility index (Phi) is 5.63. The van der Waals surface area contributed by atoms with E-state index >= 15 is 0 Å². The van der Waals surface area contributed by atoms with Crippen LogP contribution in [0.5, 0.6) is 5.75 Å². The van der Waals surface area contributed by atoms with Crippen molar-refractivity contribution in [3.8, 4) is 5.75 Å².